The van der Waals surface area contributed by atoms with E-state index in [9.17, 15) is 4.79 Å². The monoisotopic (exact) mass is 304 g/mol. The van der Waals surface area contributed by atoms with Crippen LogP contribution in [-0.2, 0) is 6.54 Å². The molecule has 0 saturated carbocycles. The van der Waals surface area contributed by atoms with Crippen molar-refractivity contribution in [2.45, 2.75) is 46.1 Å². The fraction of sp³-hybridized carbons (Fsp3) is 0.529. The quantitative estimate of drug-likeness (QED) is 0.372. The van der Waals surface area contributed by atoms with Gasteiger partial charge in [0, 0.05) is 18.7 Å². The highest BCUT2D eigenvalue weighted by atomic mass is 16.1. The zero-order valence-electron chi connectivity index (χ0n) is 13.7. The van der Waals surface area contributed by atoms with Crippen molar-refractivity contribution < 1.29 is 4.79 Å². The van der Waals surface area contributed by atoms with Crippen LogP contribution < -0.4 is 16.4 Å². The number of benzene rings is 1. The van der Waals surface area contributed by atoms with Crippen molar-refractivity contribution in [1.82, 2.24) is 10.6 Å². The molecule has 0 heterocycles. The molecule has 0 atom stereocenters. The molecule has 0 aromatic heterocycles. The van der Waals surface area contributed by atoms with Crippen molar-refractivity contribution in [2.75, 3.05) is 13.1 Å². The molecule has 0 fully saturated rings. The second-order valence-electron chi connectivity index (χ2n) is 5.29. The number of rotatable bonds is 9. The lowest BCUT2D eigenvalue weighted by atomic mass is 10.1. The predicted octanol–water partition coefficient (Wildman–Crippen LogP) is 2.42. The maximum Gasteiger partial charge on any atom is 0.251 e. The van der Waals surface area contributed by atoms with Crippen LogP contribution >= 0.6 is 0 Å². The molecule has 4 N–H and O–H groups in total. The number of amides is 1. The smallest absolute Gasteiger partial charge is 0.251 e. The zero-order chi connectivity index (χ0) is 16.2. The van der Waals surface area contributed by atoms with E-state index in [-0.39, 0.29) is 5.91 Å². The second kappa shape index (κ2) is 10.7. The Hall–Kier alpha value is -2.04. The first kappa shape index (κ1) is 18.0. The molecular weight excluding hydrogens is 276 g/mol. The SMILES string of the molecule is CCCCNC(=O)c1ccc(CN=C(N)NCCCC)cc1. The van der Waals surface area contributed by atoms with Crippen LogP contribution in [0.2, 0.25) is 0 Å². The van der Waals surface area contributed by atoms with E-state index in [0.29, 0.717) is 18.1 Å². The molecule has 5 nitrogen and oxygen atoms in total. The van der Waals surface area contributed by atoms with Gasteiger partial charge in [-0.2, -0.15) is 0 Å². The van der Waals surface area contributed by atoms with Gasteiger partial charge in [0.15, 0.2) is 5.96 Å². The maximum absolute atomic E-state index is 11.9. The van der Waals surface area contributed by atoms with E-state index >= 15 is 0 Å². The molecule has 0 bridgehead atoms. The highest BCUT2D eigenvalue weighted by Crippen LogP contribution is 2.06. The van der Waals surface area contributed by atoms with Crippen LogP contribution in [0.25, 0.3) is 0 Å². The van der Waals surface area contributed by atoms with Gasteiger partial charge in [-0.15, -0.1) is 0 Å². The molecule has 122 valence electrons. The Morgan fingerprint density at radius 1 is 1.05 bits per heavy atom. The standard InChI is InChI=1S/C17H28N4O/c1-3-5-11-19-16(22)15-9-7-14(8-10-15)13-21-17(18)20-12-6-4-2/h7-10H,3-6,11-13H2,1-2H3,(H,19,22)(H3,18,20,21). The van der Waals surface area contributed by atoms with Crippen LogP contribution in [0.4, 0.5) is 0 Å². The molecule has 1 amide bonds. The van der Waals surface area contributed by atoms with Gasteiger partial charge in [0.1, 0.15) is 0 Å². The number of hydrogen-bond donors (Lipinski definition) is 3. The van der Waals surface area contributed by atoms with Gasteiger partial charge in [0.05, 0.1) is 6.54 Å². The van der Waals surface area contributed by atoms with Gasteiger partial charge >= 0.3 is 0 Å². The molecule has 0 aliphatic carbocycles. The first-order chi connectivity index (χ1) is 10.7. The molecule has 1 rings (SSSR count). The maximum atomic E-state index is 11.9. The summed E-state index contributed by atoms with van der Waals surface area (Å²) in [6.45, 7) is 6.33. The molecule has 0 aliphatic rings. The number of nitrogens with one attached hydrogen (secondary N) is 2. The highest BCUT2D eigenvalue weighted by Gasteiger charge is 2.04. The fourth-order valence-corrected chi connectivity index (χ4v) is 1.87. The van der Waals surface area contributed by atoms with Crippen LogP contribution in [0.3, 0.4) is 0 Å². The second-order valence-corrected chi connectivity index (χ2v) is 5.29. The first-order valence-corrected chi connectivity index (χ1v) is 8.08. The predicted molar refractivity (Wildman–Crippen MR) is 91.9 cm³/mol. The molecule has 22 heavy (non-hydrogen) atoms. The Morgan fingerprint density at radius 2 is 1.64 bits per heavy atom. The van der Waals surface area contributed by atoms with Crippen LogP contribution in [-0.4, -0.2) is 25.0 Å². The van der Waals surface area contributed by atoms with Gasteiger partial charge < -0.3 is 16.4 Å². The average Bonchev–Trinajstić information content (AvgIpc) is 2.54. The molecule has 0 saturated heterocycles. The minimum atomic E-state index is -0.0238. The van der Waals surface area contributed by atoms with Crippen LogP contribution in [0.15, 0.2) is 29.3 Å². The van der Waals surface area contributed by atoms with E-state index in [1.54, 1.807) is 0 Å². The molecule has 0 spiro atoms. The number of carbonyl (C=O) groups excluding carboxylic acids is 1. The third-order valence-electron chi connectivity index (χ3n) is 3.30. The third kappa shape index (κ3) is 7.11. The fourth-order valence-electron chi connectivity index (χ4n) is 1.87. The van der Waals surface area contributed by atoms with Crippen LogP contribution in [0.1, 0.15) is 55.5 Å². The summed E-state index contributed by atoms with van der Waals surface area (Å²) in [6, 6.07) is 7.48. The number of nitrogens with two attached hydrogens (primary N) is 1. The van der Waals surface area contributed by atoms with Gasteiger partial charge in [0.25, 0.3) is 5.91 Å². The lowest BCUT2D eigenvalue weighted by Gasteiger charge is -2.06. The first-order valence-electron chi connectivity index (χ1n) is 8.08. The van der Waals surface area contributed by atoms with Crippen molar-refractivity contribution in [2.24, 2.45) is 10.7 Å². The number of hydrogen-bond acceptors (Lipinski definition) is 2. The van der Waals surface area contributed by atoms with Crippen LogP contribution in [0.5, 0.6) is 0 Å². The van der Waals surface area contributed by atoms with E-state index < -0.39 is 0 Å². The number of unbranched alkanes of at least 4 members (excludes halogenated alkanes) is 2. The van der Waals surface area contributed by atoms with E-state index in [4.69, 9.17) is 5.73 Å². The van der Waals surface area contributed by atoms with Crippen molar-refractivity contribution >= 4 is 11.9 Å². The highest BCUT2D eigenvalue weighted by molar-refractivity contribution is 5.94. The molecule has 5 heteroatoms. The third-order valence-corrected chi connectivity index (χ3v) is 3.30. The summed E-state index contributed by atoms with van der Waals surface area (Å²) < 4.78 is 0. The molecular formula is C17H28N4O. The summed E-state index contributed by atoms with van der Waals surface area (Å²) >= 11 is 0. The van der Waals surface area contributed by atoms with Gasteiger partial charge in [-0.1, -0.05) is 38.8 Å². The van der Waals surface area contributed by atoms with Crippen molar-refractivity contribution in [3.05, 3.63) is 35.4 Å². The van der Waals surface area contributed by atoms with Crippen LogP contribution in [0, 0.1) is 0 Å². The van der Waals surface area contributed by atoms with E-state index in [1.807, 2.05) is 24.3 Å². The lowest BCUT2D eigenvalue weighted by Crippen LogP contribution is -2.32. The Bertz CT molecular complexity index is 468. The summed E-state index contributed by atoms with van der Waals surface area (Å²) in [5.74, 6) is 0.444. The lowest BCUT2D eigenvalue weighted by molar-refractivity contribution is 0.0953. The minimum Gasteiger partial charge on any atom is -0.370 e. The van der Waals surface area contributed by atoms with E-state index in [2.05, 4.69) is 29.5 Å². The molecule has 0 aliphatic heterocycles. The zero-order valence-corrected chi connectivity index (χ0v) is 13.7. The molecule has 1 aromatic carbocycles. The molecule has 1 aromatic rings. The number of carbonyl (C=O) groups is 1. The minimum absolute atomic E-state index is 0.0238. The summed E-state index contributed by atoms with van der Waals surface area (Å²) in [4.78, 5) is 16.2. The van der Waals surface area contributed by atoms with Gasteiger partial charge in [0.2, 0.25) is 0 Å². The summed E-state index contributed by atoms with van der Waals surface area (Å²) in [7, 11) is 0. The number of aliphatic imine (C=N–C) groups is 1. The largest absolute Gasteiger partial charge is 0.370 e. The molecule has 0 radical (unpaired) electrons. The summed E-state index contributed by atoms with van der Waals surface area (Å²) in [5, 5.41) is 5.98. The van der Waals surface area contributed by atoms with Gasteiger partial charge in [-0.3, -0.25) is 4.79 Å². The Morgan fingerprint density at radius 3 is 2.23 bits per heavy atom. The molecule has 0 unspecified atom stereocenters. The normalized spacial score (nSPS) is 11.3. The van der Waals surface area contributed by atoms with E-state index in [1.165, 1.54) is 0 Å². The van der Waals surface area contributed by atoms with Gasteiger partial charge in [-0.25, -0.2) is 4.99 Å². The van der Waals surface area contributed by atoms with Crippen molar-refractivity contribution in [3.63, 3.8) is 0 Å². The Labute approximate surface area is 133 Å². The van der Waals surface area contributed by atoms with Gasteiger partial charge in [-0.05, 0) is 30.5 Å². The van der Waals surface area contributed by atoms with E-state index in [0.717, 1.165) is 44.3 Å². The number of nitrogens with zero attached hydrogens (tertiary/aromatic N) is 1. The summed E-state index contributed by atoms with van der Waals surface area (Å²) in [5.41, 5.74) is 7.49. The number of guanidine groups is 1. The topological polar surface area (TPSA) is 79.5 Å². The summed E-state index contributed by atoms with van der Waals surface area (Å²) in [6.07, 6.45) is 4.29. The average molecular weight is 304 g/mol. The Kier molecular flexibility index (Phi) is 8.72. The van der Waals surface area contributed by atoms with Crippen molar-refractivity contribution in [3.8, 4) is 0 Å². The van der Waals surface area contributed by atoms with Crippen molar-refractivity contribution in [1.29, 1.82) is 0 Å². The Balaban J connectivity index is 2.44.